The lowest BCUT2D eigenvalue weighted by Gasteiger charge is -2.35. The van der Waals surface area contributed by atoms with Gasteiger partial charge in [-0.2, -0.15) is 4.91 Å². The largest absolute Gasteiger partial charge is 0.390 e. The summed E-state index contributed by atoms with van der Waals surface area (Å²) in [5.41, 5.74) is 2.58. The van der Waals surface area contributed by atoms with E-state index < -0.39 is 15.4 Å². The van der Waals surface area contributed by atoms with Crippen molar-refractivity contribution in [1.82, 2.24) is 0 Å². The first-order valence-corrected chi connectivity index (χ1v) is 12.4. The van der Waals surface area contributed by atoms with Crippen LogP contribution in [-0.2, 0) is 9.84 Å². The van der Waals surface area contributed by atoms with E-state index in [2.05, 4.69) is 11.2 Å². The quantitative estimate of drug-likeness (QED) is 0.628. The molecule has 0 spiro atoms. The number of aryl methyl sites for hydroxylation is 1. The molecule has 1 N–H and O–H groups in total. The van der Waals surface area contributed by atoms with Crippen LogP contribution in [0.2, 0.25) is 0 Å². The summed E-state index contributed by atoms with van der Waals surface area (Å²) in [4.78, 5) is 12.1. The highest BCUT2D eigenvalue weighted by Crippen LogP contribution is 2.40. The van der Waals surface area contributed by atoms with E-state index >= 15 is 0 Å². The van der Waals surface area contributed by atoms with Gasteiger partial charge in [0.05, 0.1) is 16.5 Å². The van der Waals surface area contributed by atoms with E-state index in [0.717, 1.165) is 29.5 Å². The lowest BCUT2D eigenvalue weighted by atomic mass is 9.73. The minimum atomic E-state index is -3.27. The molecule has 0 amide bonds. The molecule has 162 valence electrons. The van der Waals surface area contributed by atoms with Gasteiger partial charge < -0.3 is 5.11 Å². The number of nitroso groups, excluding NO2 is 1. The molecule has 2 atom stereocenters. The molecule has 1 saturated carbocycles. The number of rotatable bonds is 7. The molecule has 1 aliphatic rings. The predicted octanol–water partition coefficient (Wildman–Crippen LogP) is 5.00. The van der Waals surface area contributed by atoms with Gasteiger partial charge in [0.15, 0.2) is 9.84 Å². The zero-order valence-electron chi connectivity index (χ0n) is 17.9. The molecule has 0 saturated heterocycles. The summed E-state index contributed by atoms with van der Waals surface area (Å²) in [6.07, 6.45) is 4.71. The molecule has 0 heterocycles. The highest BCUT2D eigenvalue weighted by atomic mass is 32.2. The fourth-order valence-electron chi connectivity index (χ4n) is 4.58. The third kappa shape index (κ3) is 5.35. The lowest BCUT2D eigenvalue weighted by molar-refractivity contribution is 0.00409. The van der Waals surface area contributed by atoms with Crippen molar-refractivity contribution < 1.29 is 13.5 Å². The van der Waals surface area contributed by atoms with Crippen LogP contribution in [0.25, 0.3) is 0 Å². The second-order valence-corrected chi connectivity index (χ2v) is 11.0. The van der Waals surface area contributed by atoms with Crippen molar-refractivity contribution in [2.75, 3.05) is 6.26 Å². The van der Waals surface area contributed by atoms with Crippen LogP contribution in [0.15, 0.2) is 58.6 Å². The Balaban J connectivity index is 1.92. The van der Waals surface area contributed by atoms with Gasteiger partial charge in [0.25, 0.3) is 0 Å². The predicted molar refractivity (Wildman–Crippen MR) is 119 cm³/mol. The summed E-state index contributed by atoms with van der Waals surface area (Å²) in [6.45, 7) is 3.90. The number of benzene rings is 2. The summed E-state index contributed by atoms with van der Waals surface area (Å²) in [5.74, 6) is 0.106. The van der Waals surface area contributed by atoms with Gasteiger partial charge in [0.2, 0.25) is 0 Å². The molecular weight excluding hydrogens is 398 g/mol. The molecule has 5 nitrogen and oxygen atoms in total. The van der Waals surface area contributed by atoms with Gasteiger partial charge in [0, 0.05) is 12.2 Å². The van der Waals surface area contributed by atoms with E-state index in [1.165, 1.54) is 6.26 Å². The first-order valence-electron chi connectivity index (χ1n) is 10.5. The van der Waals surface area contributed by atoms with E-state index in [-0.39, 0.29) is 22.8 Å². The van der Waals surface area contributed by atoms with Gasteiger partial charge in [-0.3, -0.25) is 0 Å². The van der Waals surface area contributed by atoms with E-state index in [9.17, 15) is 18.4 Å². The number of hydrogen-bond acceptors (Lipinski definition) is 5. The molecule has 2 aromatic carbocycles. The van der Waals surface area contributed by atoms with Gasteiger partial charge in [-0.25, -0.2) is 8.42 Å². The van der Waals surface area contributed by atoms with E-state index in [1.807, 2.05) is 44.2 Å². The monoisotopic (exact) mass is 429 g/mol. The van der Waals surface area contributed by atoms with Gasteiger partial charge in [-0.15, -0.1) is 0 Å². The summed E-state index contributed by atoms with van der Waals surface area (Å²) in [5, 5.41) is 13.8. The fourth-order valence-corrected chi connectivity index (χ4v) is 5.21. The van der Waals surface area contributed by atoms with E-state index in [0.29, 0.717) is 19.3 Å². The van der Waals surface area contributed by atoms with Crippen molar-refractivity contribution >= 4 is 9.84 Å². The average molecular weight is 430 g/mol. The van der Waals surface area contributed by atoms with Crippen molar-refractivity contribution in [1.29, 1.82) is 0 Å². The van der Waals surface area contributed by atoms with Crippen LogP contribution in [0, 0.1) is 17.7 Å². The second-order valence-electron chi connectivity index (χ2n) is 8.99. The minimum Gasteiger partial charge on any atom is -0.390 e. The SMILES string of the molecule is Cc1ccccc1C(CC(N=O)C1CCC(C)(O)CC1)c1ccc(S(C)(=O)=O)cc1. The van der Waals surface area contributed by atoms with Crippen LogP contribution in [0.4, 0.5) is 0 Å². The van der Waals surface area contributed by atoms with Crippen molar-refractivity contribution in [3.63, 3.8) is 0 Å². The minimum absolute atomic E-state index is 0.0510. The normalized spacial score (nSPS) is 24.2. The summed E-state index contributed by atoms with van der Waals surface area (Å²) in [6, 6.07) is 14.7. The highest BCUT2D eigenvalue weighted by molar-refractivity contribution is 7.90. The van der Waals surface area contributed by atoms with Crippen LogP contribution in [-0.4, -0.2) is 31.4 Å². The first kappa shape index (κ1) is 22.6. The van der Waals surface area contributed by atoms with Crippen molar-refractivity contribution in [3.8, 4) is 0 Å². The third-order valence-corrected chi connectivity index (χ3v) is 7.67. The Morgan fingerprint density at radius 1 is 1.10 bits per heavy atom. The number of hydrogen-bond donors (Lipinski definition) is 1. The molecule has 0 radical (unpaired) electrons. The maximum Gasteiger partial charge on any atom is 0.175 e. The van der Waals surface area contributed by atoms with Gasteiger partial charge in [-0.05, 0) is 80.7 Å². The highest BCUT2D eigenvalue weighted by Gasteiger charge is 2.35. The van der Waals surface area contributed by atoms with Crippen LogP contribution in [0.5, 0.6) is 0 Å². The molecule has 0 bridgehead atoms. The molecule has 2 unspecified atom stereocenters. The Hall–Kier alpha value is -2.05. The first-order chi connectivity index (χ1) is 14.1. The average Bonchev–Trinajstić information content (AvgIpc) is 2.70. The Kier molecular flexibility index (Phi) is 6.78. The van der Waals surface area contributed by atoms with Gasteiger partial charge in [0.1, 0.15) is 0 Å². The Bertz CT molecular complexity index is 973. The van der Waals surface area contributed by atoms with Crippen LogP contribution >= 0.6 is 0 Å². The lowest BCUT2D eigenvalue weighted by Crippen LogP contribution is -2.34. The van der Waals surface area contributed by atoms with E-state index in [4.69, 9.17) is 0 Å². The van der Waals surface area contributed by atoms with Gasteiger partial charge >= 0.3 is 0 Å². The molecule has 30 heavy (non-hydrogen) atoms. The van der Waals surface area contributed by atoms with Gasteiger partial charge in [-0.1, -0.05) is 41.6 Å². The van der Waals surface area contributed by atoms with Crippen molar-refractivity contribution in [2.24, 2.45) is 11.1 Å². The molecule has 0 aliphatic heterocycles. The van der Waals surface area contributed by atoms with Crippen molar-refractivity contribution in [3.05, 3.63) is 70.1 Å². The Morgan fingerprint density at radius 3 is 2.23 bits per heavy atom. The number of aliphatic hydroxyl groups is 1. The number of sulfone groups is 1. The molecule has 3 rings (SSSR count). The maximum absolute atomic E-state index is 11.8. The molecular formula is C24H31NO4S. The molecule has 0 aromatic heterocycles. The Morgan fingerprint density at radius 2 is 1.70 bits per heavy atom. The van der Waals surface area contributed by atoms with E-state index in [1.54, 1.807) is 12.1 Å². The van der Waals surface area contributed by atoms with Crippen LogP contribution in [0.3, 0.4) is 0 Å². The van der Waals surface area contributed by atoms with Crippen molar-refractivity contribution in [2.45, 2.75) is 68.4 Å². The maximum atomic E-state index is 11.8. The summed E-state index contributed by atoms with van der Waals surface area (Å²) in [7, 11) is -3.27. The smallest absolute Gasteiger partial charge is 0.175 e. The summed E-state index contributed by atoms with van der Waals surface area (Å²) >= 11 is 0. The number of nitrogens with zero attached hydrogens (tertiary/aromatic N) is 1. The van der Waals surface area contributed by atoms with Crippen LogP contribution in [0.1, 0.15) is 61.6 Å². The molecule has 2 aromatic rings. The van der Waals surface area contributed by atoms with Crippen LogP contribution < -0.4 is 0 Å². The molecule has 1 fully saturated rings. The third-order valence-electron chi connectivity index (χ3n) is 6.54. The zero-order chi connectivity index (χ0) is 21.9. The standard InChI is InChI=1S/C24H31NO4S/c1-17-6-4-5-7-21(17)22(18-8-10-20(11-9-18)30(3,28)29)16-23(25-27)19-12-14-24(2,26)15-13-19/h4-11,19,22-23,26H,12-16H2,1-3H3. The second kappa shape index (κ2) is 8.98. The molecule has 1 aliphatic carbocycles. The Labute approximate surface area is 179 Å². The summed E-state index contributed by atoms with van der Waals surface area (Å²) < 4.78 is 23.7. The topological polar surface area (TPSA) is 83.8 Å². The zero-order valence-corrected chi connectivity index (χ0v) is 18.7. The fraction of sp³-hybridized carbons (Fsp3) is 0.500. The molecule has 6 heteroatoms.